The minimum atomic E-state index is -0.668. The number of unbranched alkanes of at least 4 members (excludes halogenated alkanes) is 7. The summed E-state index contributed by atoms with van der Waals surface area (Å²) < 4.78 is 1.91. The zero-order valence-corrected chi connectivity index (χ0v) is 16.9. The largest absolute Gasteiger partial charge is 0.298 e. The molecule has 142 valence electrons. The van der Waals surface area contributed by atoms with E-state index in [0.29, 0.717) is 12.1 Å². The van der Waals surface area contributed by atoms with Gasteiger partial charge in [-0.25, -0.2) is 4.31 Å². The van der Waals surface area contributed by atoms with Crippen LogP contribution in [0.3, 0.4) is 0 Å². The van der Waals surface area contributed by atoms with Crippen LogP contribution in [0.25, 0.3) is 0 Å². The first-order valence-electron chi connectivity index (χ1n) is 9.88. The second kappa shape index (κ2) is 11.3. The zero-order chi connectivity index (χ0) is 18.8. The van der Waals surface area contributed by atoms with Crippen LogP contribution in [0.15, 0.2) is 41.3 Å². The Morgan fingerprint density at radius 2 is 1.77 bits per heavy atom. The van der Waals surface area contributed by atoms with Gasteiger partial charge in [0.05, 0.1) is 0 Å². The zero-order valence-electron chi connectivity index (χ0n) is 16.1. The van der Waals surface area contributed by atoms with Crippen LogP contribution in [0.4, 0.5) is 0 Å². The van der Waals surface area contributed by atoms with E-state index in [4.69, 9.17) is 0 Å². The van der Waals surface area contributed by atoms with Gasteiger partial charge in [-0.2, -0.15) is 0 Å². The maximum atomic E-state index is 12.7. The highest BCUT2D eigenvalue weighted by Crippen LogP contribution is 2.35. The molecule has 1 heterocycles. The molecule has 1 atom stereocenters. The first-order chi connectivity index (χ1) is 12.6. The van der Waals surface area contributed by atoms with Crippen molar-refractivity contribution < 1.29 is 9.59 Å². The van der Waals surface area contributed by atoms with Gasteiger partial charge in [-0.05, 0) is 37.8 Å². The van der Waals surface area contributed by atoms with Gasteiger partial charge in [0.1, 0.15) is 6.04 Å². The molecule has 0 saturated carbocycles. The van der Waals surface area contributed by atoms with E-state index in [1.165, 1.54) is 63.8 Å². The van der Waals surface area contributed by atoms with Crippen LogP contribution in [0, 0.1) is 0 Å². The summed E-state index contributed by atoms with van der Waals surface area (Å²) in [5.74, 6) is -0.162. The highest BCUT2D eigenvalue weighted by atomic mass is 32.2. The van der Waals surface area contributed by atoms with Gasteiger partial charge in [0, 0.05) is 17.0 Å². The molecule has 1 aromatic rings. The summed E-state index contributed by atoms with van der Waals surface area (Å²) in [6, 6.07) is 6.88. The maximum Gasteiger partial charge on any atom is 0.189 e. The summed E-state index contributed by atoms with van der Waals surface area (Å²) in [6.45, 7) is 4.37. The Kier molecular flexibility index (Phi) is 9.13. The Labute approximate surface area is 162 Å². The summed E-state index contributed by atoms with van der Waals surface area (Å²) in [6.07, 6.45) is 14.6. The van der Waals surface area contributed by atoms with Crippen LogP contribution in [0.5, 0.6) is 0 Å². The number of ketones is 2. The van der Waals surface area contributed by atoms with Crippen LogP contribution in [0.1, 0.15) is 75.6 Å². The second-order valence-electron chi connectivity index (χ2n) is 6.95. The first-order valence-corrected chi connectivity index (χ1v) is 10.7. The van der Waals surface area contributed by atoms with E-state index in [2.05, 4.69) is 19.1 Å². The van der Waals surface area contributed by atoms with Crippen LogP contribution in [0.2, 0.25) is 0 Å². The average Bonchev–Trinajstić information content (AvgIpc) is 2.63. The lowest BCUT2D eigenvalue weighted by atomic mass is 10.0. The van der Waals surface area contributed by atoms with Crippen molar-refractivity contribution >= 4 is 23.5 Å². The van der Waals surface area contributed by atoms with Crippen LogP contribution in [-0.4, -0.2) is 28.5 Å². The van der Waals surface area contributed by atoms with Gasteiger partial charge in [0.15, 0.2) is 11.6 Å². The number of allylic oxidation sites excluding steroid dienone is 1. The second-order valence-corrected chi connectivity index (χ2v) is 8.04. The first kappa shape index (κ1) is 20.9. The number of fused-ring (bicyclic) bond motifs is 1. The van der Waals surface area contributed by atoms with Crippen molar-refractivity contribution in [3.63, 3.8) is 0 Å². The average molecular weight is 374 g/mol. The van der Waals surface area contributed by atoms with E-state index in [1.807, 2.05) is 28.6 Å². The molecule has 0 fully saturated rings. The minimum Gasteiger partial charge on any atom is -0.298 e. The molecule has 1 aromatic carbocycles. The van der Waals surface area contributed by atoms with Gasteiger partial charge < -0.3 is 0 Å². The standard InChI is InChI=1S/C22H31NO2S/c1-3-4-5-6-7-8-9-10-11-14-17-23-21(18(2)24)22(25)19-15-12-13-16-20(19)26-23/h11-16,21H,3-10,17H2,1-2H3. The van der Waals surface area contributed by atoms with Gasteiger partial charge in [-0.3, -0.25) is 9.59 Å². The molecule has 1 unspecified atom stereocenters. The molecule has 0 amide bonds. The number of hydrogen-bond donors (Lipinski definition) is 0. The third-order valence-corrected chi connectivity index (χ3v) is 5.86. The number of rotatable bonds is 11. The van der Waals surface area contributed by atoms with E-state index in [-0.39, 0.29) is 11.6 Å². The lowest BCUT2D eigenvalue weighted by Gasteiger charge is -2.32. The van der Waals surface area contributed by atoms with Crippen molar-refractivity contribution in [2.75, 3.05) is 6.54 Å². The topological polar surface area (TPSA) is 37.4 Å². The molecule has 4 heteroatoms. The van der Waals surface area contributed by atoms with Gasteiger partial charge in [0.2, 0.25) is 0 Å². The van der Waals surface area contributed by atoms with Crippen molar-refractivity contribution in [1.82, 2.24) is 4.31 Å². The number of benzene rings is 1. The third kappa shape index (κ3) is 6.10. The summed E-state index contributed by atoms with van der Waals surface area (Å²) in [5.41, 5.74) is 0.668. The molecule has 26 heavy (non-hydrogen) atoms. The molecule has 0 saturated heterocycles. The predicted molar refractivity (Wildman–Crippen MR) is 110 cm³/mol. The number of carbonyl (C=O) groups excluding carboxylic acids is 2. The van der Waals surface area contributed by atoms with Crippen molar-refractivity contribution in [1.29, 1.82) is 0 Å². The molecule has 0 aliphatic carbocycles. The molecular weight excluding hydrogens is 342 g/mol. The summed E-state index contributed by atoms with van der Waals surface area (Å²) >= 11 is 1.52. The minimum absolute atomic E-state index is 0.0765. The predicted octanol–water partition coefficient (Wildman–Crippen LogP) is 5.85. The summed E-state index contributed by atoms with van der Waals surface area (Å²) in [5, 5.41) is 0. The Balaban J connectivity index is 1.79. The summed E-state index contributed by atoms with van der Waals surface area (Å²) in [4.78, 5) is 25.6. The number of hydrogen-bond acceptors (Lipinski definition) is 4. The Bertz CT molecular complexity index is 626. The van der Waals surface area contributed by atoms with E-state index in [9.17, 15) is 9.59 Å². The Morgan fingerprint density at radius 3 is 2.50 bits per heavy atom. The third-order valence-electron chi connectivity index (χ3n) is 4.72. The molecule has 1 aliphatic heterocycles. The number of Topliss-reactive ketones (excluding diaryl/α,β-unsaturated/α-hetero) is 2. The van der Waals surface area contributed by atoms with E-state index in [1.54, 1.807) is 0 Å². The van der Waals surface area contributed by atoms with Crippen LogP contribution >= 0.6 is 11.9 Å². The molecule has 3 nitrogen and oxygen atoms in total. The van der Waals surface area contributed by atoms with Crippen molar-refractivity contribution in [3.8, 4) is 0 Å². The smallest absolute Gasteiger partial charge is 0.189 e. The van der Waals surface area contributed by atoms with Gasteiger partial charge in [-0.15, -0.1) is 0 Å². The van der Waals surface area contributed by atoms with Crippen molar-refractivity contribution in [2.24, 2.45) is 0 Å². The van der Waals surface area contributed by atoms with Gasteiger partial charge in [-0.1, -0.05) is 75.8 Å². The van der Waals surface area contributed by atoms with E-state index in [0.717, 1.165) is 11.3 Å². The number of nitrogens with zero attached hydrogens (tertiary/aromatic N) is 1. The molecular formula is C22H31NO2S. The molecule has 0 bridgehead atoms. The molecule has 1 aliphatic rings. The lowest BCUT2D eigenvalue weighted by Crippen LogP contribution is -2.45. The van der Waals surface area contributed by atoms with Gasteiger partial charge in [0.25, 0.3) is 0 Å². The van der Waals surface area contributed by atoms with Crippen molar-refractivity contribution in [3.05, 3.63) is 42.0 Å². The quantitative estimate of drug-likeness (QED) is 0.211. The lowest BCUT2D eigenvalue weighted by molar-refractivity contribution is -0.119. The highest BCUT2D eigenvalue weighted by Gasteiger charge is 2.36. The summed E-state index contributed by atoms with van der Waals surface area (Å²) in [7, 11) is 0. The SMILES string of the molecule is CCCCCCCCCC=CCN1Sc2ccccc2C(=O)C1C(C)=O. The maximum absolute atomic E-state index is 12.7. The Morgan fingerprint density at radius 1 is 1.08 bits per heavy atom. The highest BCUT2D eigenvalue weighted by molar-refractivity contribution is 7.97. The Hall–Kier alpha value is -1.39. The van der Waals surface area contributed by atoms with Crippen LogP contribution < -0.4 is 0 Å². The molecule has 2 rings (SSSR count). The molecule has 0 radical (unpaired) electrons. The fraction of sp³-hybridized carbons (Fsp3) is 0.545. The molecule has 0 N–H and O–H groups in total. The van der Waals surface area contributed by atoms with E-state index >= 15 is 0 Å². The van der Waals surface area contributed by atoms with Gasteiger partial charge >= 0.3 is 0 Å². The number of carbonyl (C=O) groups is 2. The monoisotopic (exact) mass is 373 g/mol. The fourth-order valence-corrected chi connectivity index (χ4v) is 4.42. The van der Waals surface area contributed by atoms with Crippen molar-refractivity contribution in [2.45, 2.75) is 76.2 Å². The molecule has 0 spiro atoms. The van der Waals surface area contributed by atoms with Crippen LogP contribution in [-0.2, 0) is 4.79 Å². The normalized spacial score (nSPS) is 17.6. The van der Waals surface area contributed by atoms with E-state index < -0.39 is 6.04 Å². The molecule has 0 aromatic heterocycles. The fourth-order valence-electron chi connectivity index (χ4n) is 3.25.